The van der Waals surface area contributed by atoms with E-state index >= 15 is 0 Å². The van der Waals surface area contributed by atoms with Gasteiger partial charge < -0.3 is 18.9 Å². The average molecular weight is 747 g/mol. The molecule has 0 bridgehead atoms. The van der Waals surface area contributed by atoms with E-state index in [1.165, 1.54) is 103 Å². The van der Waals surface area contributed by atoms with Crippen LogP contribution in [0.2, 0.25) is 0 Å². The molecule has 51 heavy (non-hydrogen) atoms. The smallest absolute Gasteiger partial charge is 0.462 e. The fourth-order valence-electron chi connectivity index (χ4n) is 5.71. The lowest BCUT2D eigenvalue weighted by atomic mass is 10.0. The van der Waals surface area contributed by atoms with Crippen LogP contribution in [-0.4, -0.2) is 74.9 Å². The Balaban J connectivity index is 4.37. The third-order valence-electron chi connectivity index (χ3n) is 9.05. The van der Waals surface area contributed by atoms with Crippen LogP contribution in [0.1, 0.15) is 187 Å². The van der Waals surface area contributed by atoms with Crippen molar-refractivity contribution in [2.24, 2.45) is 0 Å². The van der Waals surface area contributed by atoms with Gasteiger partial charge in [0.2, 0.25) is 0 Å². The van der Waals surface area contributed by atoms with E-state index in [4.69, 9.17) is 18.5 Å². The molecule has 9 nitrogen and oxygen atoms in total. The van der Waals surface area contributed by atoms with Crippen LogP contribution >= 0.6 is 7.82 Å². The standard InChI is InChI=1S/C41H80NO8P/c1-6-8-10-12-14-16-18-20-21-22-24-26-28-30-32-34-41(44)50-39(38-49-51(45,46)48-36-35-42(3,4)5)37-47-40(43)33-31-29-27-25-23-19-17-15-13-11-9-7-2/h15,17,39H,6-14,16,18-38H2,1-5H3/p+1/b17-15-/t39-/m1/s1. The van der Waals surface area contributed by atoms with E-state index in [1.807, 2.05) is 21.1 Å². The molecule has 0 aliphatic rings. The van der Waals surface area contributed by atoms with Gasteiger partial charge in [-0.15, -0.1) is 0 Å². The molecule has 0 rings (SSSR count). The van der Waals surface area contributed by atoms with Gasteiger partial charge in [-0.25, -0.2) is 4.57 Å². The Hall–Kier alpha value is -1.25. The van der Waals surface area contributed by atoms with Gasteiger partial charge in [0.15, 0.2) is 6.10 Å². The quantitative estimate of drug-likeness (QED) is 0.0219. The molecule has 0 saturated heterocycles. The Bertz CT molecular complexity index is 891. The molecular weight excluding hydrogens is 665 g/mol. The highest BCUT2D eigenvalue weighted by Crippen LogP contribution is 2.43. The summed E-state index contributed by atoms with van der Waals surface area (Å²) in [6, 6.07) is 0. The molecule has 302 valence electrons. The lowest BCUT2D eigenvalue weighted by molar-refractivity contribution is -0.870. The molecule has 0 aromatic carbocycles. The van der Waals surface area contributed by atoms with Crippen molar-refractivity contribution in [2.45, 2.75) is 193 Å². The summed E-state index contributed by atoms with van der Waals surface area (Å²) >= 11 is 0. The zero-order valence-corrected chi connectivity index (χ0v) is 34.7. The van der Waals surface area contributed by atoms with Gasteiger partial charge >= 0.3 is 19.8 Å². The molecule has 0 heterocycles. The number of unbranched alkanes of at least 4 members (excludes halogenated alkanes) is 22. The SMILES string of the molecule is CCCCC/C=C\CCCCCCCC(=O)OC[C@H](COP(=O)(O)OCC[N+](C)(C)C)OC(=O)CCCCCCCCCCCCCCCCC. The molecule has 0 radical (unpaired) electrons. The summed E-state index contributed by atoms with van der Waals surface area (Å²) in [6.45, 7) is 4.40. The highest BCUT2D eigenvalue weighted by Gasteiger charge is 2.27. The van der Waals surface area contributed by atoms with Gasteiger partial charge in [-0.2, -0.15) is 0 Å². The number of phosphoric acid groups is 1. The number of carbonyl (C=O) groups is 2. The Kier molecular flexibility index (Phi) is 33.7. The number of nitrogens with zero attached hydrogens (tertiary/aromatic N) is 1. The van der Waals surface area contributed by atoms with Crippen molar-refractivity contribution in [1.82, 2.24) is 0 Å². The molecule has 0 aliphatic carbocycles. The number of phosphoric ester groups is 1. The van der Waals surface area contributed by atoms with Crippen LogP contribution in [0.4, 0.5) is 0 Å². The summed E-state index contributed by atoms with van der Waals surface area (Å²) < 4.78 is 34.2. The molecule has 0 saturated carbocycles. The Morgan fingerprint density at radius 2 is 1.00 bits per heavy atom. The summed E-state index contributed by atoms with van der Waals surface area (Å²) in [7, 11) is 1.48. The number of esters is 2. The molecule has 0 aromatic heterocycles. The third kappa shape index (κ3) is 38.3. The van der Waals surface area contributed by atoms with Gasteiger partial charge in [0.05, 0.1) is 27.7 Å². The number of rotatable bonds is 38. The first kappa shape index (κ1) is 49.8. The highest BCUT2D eigenvalue weighted by molar-refractivity contribution is 7.47. The largest absolute Gasteiger partial charge is 0.472 e. The normalized spacial score (nSPS) is 13.8. The lowest BCUT2D eigenvalue weighted by Crippen LogP contribution is -2.37. The first-order chi connectivity index (χ1) is 24.5. The van der Waals surface area contributed by atoms with Crippen molar-refractivity contribution in [3.63, 3.8) is 0 Å². The number of quaternary nitrogens is 1. The first-order valence-electron chi connectivity index (χ1n) is 20.9. The predicted molar refractivity (Wildman–Crippen MR) is 211 cm³/mol. The maximum atomic E-state index is 12.6. The second kappa shape index (κ2) is 34.5. The van der Waals surface area contributed by atoms with Crippen molar-refractivity contribution >= 4 is 19.8 Å². The first-order valence-corrected chi connectivity index (χ1v) is 22.4. The minimum absolute atomic E-state index is 0.0334. The van der Waals surface area contributed by atoms with Crippen LogP contribution in [0.25, 0.3) is 0 Å². The Morgan fingerprint density at radius 1 is 0.588 bits per heavy atom. The summed E-state index contributed by atoms with van der Waals surface area (Å²) in [4.78, 5) is 35.2. The van der Waals surface area contributed by atoms with Crippen LogP contribution in [0.3, 0.4) is 0 Å². The van der Waals surface area contributed by atoms with Crippen LogP contribution in [0.5, 0.6) is 0 Å². The lowest BCUT2D eigenvalue weighted by Gasteiger charge is -2.24. The average Bonchev–Trinajstić information content (AvgIpc) is 3.07. The van der Waals surface area contributed by atoms with E-state index in [9.17, 15) is 19.0 Å². The van der Waals surface area contributed by atoms with Crippen molar-refractivity contribution in [3.8, 4) is 0 Å². The number of hydrogen-bond donors (Lipinski definition) is 1. The fourth-order valence-corrected chi connectivity index (χ4v) is 6.46. The van der Waals surface area contributed by atoms with Crippen LogP contribution in [0, 0.1) is 0 Å². The number of ether oxygens (including phenoxy) is 2. The fraction of sp³-hybridized carbons (Fsp3) is 0.902. The van der Waals surface area contributed by atoms with E-state index in [1.54, 1.807) is 0 Å². The number of hydrogen-bond acceptors (Lipinski definition) is 7. The molecule has 2 atom stereocenters. The van der Waals surface area contributed by atoms with Gasteiger partial charge in [-0.3, -0.25) is 18.6 Å². The van der Waals surface area contributed by atoms with E-state index < -0.39 is 26.5 Å². The molecule has 10 heteroatoms. The molecule has 0 amide bonds. The van der Waals surface area contributed by atoms with Crippen LogP contribution < -0.4 is 0 Å². The maximum Gasteiger partial charge on any atom is 0.472 e. The Labute approximate surface area is 314 Å². The topological polar surface area (TPSA) is 108 Å². The summed E-state index contributed by atoms with van der Waals surface area (Å²) in [5, 5.41) is 0. The van der Waals surface area contributed by atoms with E-state index in [0.29, 0.717) is 17.4 Å². The minimum Gasteiger partial charge on any atom is -0.462 e. The summed E-state index contributed by atoms with van der Waals surface area (Å²) in [6.07, 6.45) is 33.9. The summed E-state index contributed by atoms with van der Waals surface area (Å²) in [5.41, 5.74) is 0. The van der Waals surface area contributed by atoms with Gasteiger partial charge in [0, 0.05) is 12.8 Å². The van der Waals surface area contributed by atoms with E-state index in [0.717, 1.165) is 51.4 Å². The van der Waals surface area contributed by atoms with Crippen molar-refractivity contribution in [2.75, 3.05) is 47.5 Å². The minimum atomic E-state index is -4.37. The van der Waals surface area contributed by atoms with Gasteiger partial charge in [0.25, 0.3) is 0 Å². The molecule has 0 spiro atoms. The van der Waals surface area contributed by atoms with Crippen LogP contribution in [-0.2, 0) is 32.7 Å². The molecule has 1 unspecified atom stereocenters. The molecular formula is C41H81NO8P+. The maximum absolute atomic E-state index is 12.6. The molecule has 0 aliphatic heterocycles. The molecule has 1 N–H and O–H groups in total. The van der Waals surface area contributed by atoms with Crippen molar-refractivity contribution in [1.29, 1.82) is 0 Å². The van der Waals surface area contributed by atoms with Gasteiger partial charge in [0.1, 0.15) is 19.8 Å². The zero-order valence-electron chi connectivity index (χ0n) is 33.9. The van der Waals surface area contributed by atoms with Gasteiger partial charge in [-0.1, -0.05) is 148 Å². The number of likely N-dealkylation sites (N-methyl/N-ethyl adjacent to an activating group) is 1. The Morgan fingerprint density at radius 3 is 1.49 bits per heavy atom. The van der Waals surface area contributed by atoms with Gasteiger partial charge in [-0.05, 0) is 38.5 Å². The summed E-state index contributed by atoms with van der Waals surface area (Å²) in [5.74, 6) is -0.802. The monoisotopic (exact) mass is 747 g/mol. The number of carbonyl (C=O) groups excluding carboxylic acids is 2. The van der Waals surface area contributed by atoms with Crippen LogP contribution in [0.15, 0.2) is 12.2 Å². The number of allylic oxidation sites excluding steroid dienone is 2. The van der Waals surface area contributed by atoms with Crippen molar-refractivity contribution < 1.29 is 42.1 Å². The zero-order chi connectivity index (χ0) is 37.9. The van der Waals surface area contributed by atoms with Crippen molar-refractivity contribution in [3.05, 3.63) is 12.2 Å². The second-order valence-electron chi connectivity index (χ2n) is 15.4. The second-order valence-corrected chi connectivity index (χ2v) is 16.8. The third-order valence-corrected chi connectivity index (χ3v) is 10.0. The predicted octanol–water partition coefficient (Wildman–Crippen LogP) is 11.4. The highest BCUT2D eigenvalue weighted by atomic mass is 31.2. The van der Waals surface area contributed by atoms with E-state index in [-0.39, 0.29) is 32.0 Å². The molecule has 0 fully saturated rings. The molecule has 0 aromatic rings. The van der Waals surface area contributed by atoms with E-state index in [2.05, 4.69) is 26.0 Å².